The Labute approximate surface area is 103 Å². The lowest BCUT2D eigenvalue weighted by Gasteiger charge is -2.14. The third-order valence-corrected chi connectivity index (χ3v) is 2.46. The molecular formula is C13H22O4. The zero-order valence-electron chi connectivity index (χ0n) is 11.1. The van der Waals surface area contributed by atoms with Crippen molar-refractivity contribution in [3.8, 4) is 0 Å². The molecule has 4 nitrogen and oxygen atoms in total. The van der Waals surface area contributed by atoms with Gasteiger partial charge in [-0.15, -0.1) is 0 Å². The zero-order valence-corrected chi connectivity index (χ0v) is 11.1. The summed E-state index contributed by atoms with van der Waals surface area (Å²) in [6.45, 7) is 5.70. The molecule has 2 atom stereocenters. The molecule has 0 heterocycles. The third-order valence-electron chi connectivity index (χ3n) is 2.46. The molecule has 17 heavy (non-hydrogen) atoms. The molecular weight excluding hydrogens is 220 g/mol. The number of hydrogen-bond acceptors (Lipinski definition) is 4. The van der Waals surface area contributed by atoms with Crippen LogP contribution in [0, 0.1) is 5.92 Å². The van der Waals surface area contributed by atoms with Crippen LogP contribution in [0.4, 0.5) is 0 Å². The van der Waals surface area contributed by atoms with Crippen molar-refractivity contribution in [2.45, 2.75) is 46.1 Å². The Morgan fingerprint density at radius 2 is 1.88 bits per heavy atom. The Balaban J connectivity index is 4.48. The van der Waals surface area contributed by atoms with Crippen LogP contribution in [-0.2, 0) is 19.1 Å². The van der Waals surface area contributed by atoms with E-state index in [2.05, 4.69) is 4.74 Å². The van der Waals surface area contributed by atoms with E-state index in [1.54, 1.807) is 13.0 Å². The van der Waals surface area contributed by atoms with Crippen LogP contribution in [0.25, 0.3) is 0 Å². The highest BCUT2D eigenvalue weighted by molar-refractivity contribution is 5.81. The Morgan fingerprint density at radius 3 is 2.35 bits per heavy atom. The summed E-state index contributed by atoms with van der Waals surface area (Å²) in [5.74, 6) is -1.13. The van der Waals surface area contributed by atoms with Crippen molar-refractivity contribution in [2.24, 2.45) is 5.92 Å². The van der Waals surface area contributed by atoms with Gasteiger partial charge in [0.2, 0.25) is 6.10 Å². The second-order valence-corrected chi connectivity index (χ2v) is 3.91. The molecule has 0 N–H and O–H groups in total. The SMILES string of the molecule is CCC/C=C/C(OC(=O)C(C)CC)C(=O)OC. The number of rotatable bonds is 7. The second kappa shape index (κ2) is 8.79. The van der Waals surface area contributed by atoms with Crippen molar-refractivity contribution in [3.05, 3.63) is 12.2 Å². The summed E-state index contributed by atoms with van der Waals surface area (Å²) in [6.07, 6.45) is 4.98. The van der Waals surface area contributed by atoms with E-state index in [1.807, 2.05) is 19.9 Å². The average molecular weight is 242 g/mol. The number of carbonyl (C=O) groups is 2. The van der Waals surface area contributed by atoms with Gasteiger partial charge in [-0.3, -0.25) is 4.79 Å². The fraction of sp³-hybridized carbons (Fsp3) is 0.692. The highest BCUT2D eigenvalue weighted by Crippen LogP contribution is 2.08. The molecule has 0 aromatic heterocycles. The van der Waals surface area contributed by atoms with Crippen molar-refractivity contribution in [3.63, 3.8) is 0 Å². The van der Waals surface area contributed by atoms with Gasteiger partial charge in [-0.2, -0.15) is 0 Å². The van der Waals surface area contributed by atoms with E-state index in [1.165, 1.54) is 7.11 Å². The van der Waals surface area contributed by atoms with E-state index in [0.717, 1.165) is 12.8 Å². The van der Waals surface area contributed by atoms with Crippen molar-refractivity contribution in [2.75, 3.05) is 7.11 Å². The quantitative estimate of drug-likeness (QED) is 0.508. The van der Waals surface area contributed by atoms with Crippen LogP contribution in [0.1, 0.15) is 40.0 Å². The van der Waals surface area contributed by atoms with Gasteiger partial charge in [0.25, 0.3) is 0 Å². The lowest BCUT2D eigenvalue weighted by Crippen LogP contribution is -2.29. The average Bonchev–Trinajstić information content (AvgIpc) is 2.35. The smallest absolute Gasteiger partial charge is 0.351 e. The highest BCUT2D eigenvalue weighted by Gasteiger charge is 2.23. The predicted octanol–water partition coefficient (Wildman–Crippen LogP) is 2.47. The first-order valence-electron chi connectivity index (χ1n) is 6.01. The highest BCUT2D eigenvalue weighted by atomic mass is 16.6. The van der Waals surface area contributed by atoms with E-state index in [0.29, 0.717) is 6.42 Å². The minimum absolute atomic E-state index is 0.207. The molecule has 4 heteroatoms. The molecule has 0 bridgehead atoms. The molecule has 0 fully saturated rings. The molecule has 2 unspecified atom stereocenters. The lowest BCUT2D eigenvalue weighted by molar-refractivity contribution is -0.165. The number of unbranched alkanes of at least 4 members (excludes halogenated alkanes) is 1. The summed E-state index contributed by atoms with van der Waals surface area (Å²) in [6, 6.07) is 0. The summed E-state index contributed by atoms with van der Waals surface area (Å²) in [4.78, 5) is 23.0. The molecule has 0 saturated carbocycles. The van der Waals surface area contributed by atoms with Gasteiger partial charge in [0.15, 0.2) is 0 Å². The summed E-state index contributed by atoms with van der Waals surface area (Å²) < 4.78 is 9.69. The van der Waals surface area contributed by atoms with Crippen LogP contribution < -0.4 is 0 Å². The molecule has 0 saturated heterocycles. The maximum absolute atomic E-state index is 11.6. The van der Waals surface area contributed by atoms with Crippen molar-refractivity contribution in [1.29, 1.82) is 0 Å². The molecule has 0 aliphatic rings. The van der Waals surface area contributed by atoms with E-state index in [4.69, 9.17) is 4.74 Å². The van der Waals surface area contributed by atoms with Gasteiger partial charge in [-0.25, -0.2) is 4.79 Å². The maximum Gasteiger partial charge on any atom is 0.351 e. The third kappa shape index (κ3) is 6.09. The van der Waals surface area contributed by atoms with Gasteiger partial charge in [-0.1, -0.05) is 33.3 Å². The first kappa shape index (κ1) is 15.7. The predicted molar refractivity (Wildman–Crippen MR) is 65.4 cm³/mol. The maximum atomic E-state index is 11.6. The summed E-state index contributed by atoms with van der Waals surface area (Å²) in [7, 11) is 1.28. The Kier molecular flexibility index (Phi) is 8.11. The molecule has 98 valence electrons. The minimum Gasteiger partial charge on any atom is -0.466 e. The van der Waals surface area contributed by atoms with Gasteiger partial charge >= 0.3 is 11.9 Å². The second-order valence-electron chi connectivity index (χ2n) is 3.91. The van der Waals surface area contributed by atoms with Crippen molar-refractivity contribution < 1.29 is 19.1 Å². The molecule has 0 aliphatic heterocycles. The normalized spacial score (nSPS) is 14.4. The van der Waals surface area contributed by atoms with Crippen LogP contribution in [0.2, 0.25) is 0 Å². The fourth-order valence-corrected chi connectivity index (χ4v) is 1.08. The number of ether oxygens (including phenoxy) is 2. The van der Waals surface area contributed by atoms with Gasteiger partial charge in [-0.05, 0) is 18.9 Å². The fourth-order valence-electron chi connectivity index (χ4n) is 1.08. The molecule has 0 spiro atoms. The van der Waals surface area contributed by atoms with E-state index >= 15 is 0 Å². The minimum atomic E-state index is -0.923. The summed E-state index contributed by atoms with van der Waals surface area (Å²) >= 11 is 0. The largest absolute Gasteiger partial charge is 0.466 e. The van der Waals surface area contributed by atoms with Crippen LogP contribution in [0.15, 0.2) is 12.2 Å². The van der Waals surface area contributed by atoms with Gasteiger partial charge in [0.1, 0.15) is 0 Å². The molecule has 0 rings (SSSR count). The number of hydrogen-bond donors (Lipinski definition) is 0. The van der Waals surface area contributed by atoms with Crippen LogP contribution >= 0.6 is 0 Å². The lowest BCUT2D eigenvalue weighted by atomic mass is 10.1. The first-order valence-corrected chi connectivity index (χ1v) is 6.01. The standard InChI is InChI=1S/C13H22O4/c1-5-7-8-9-11(13(15)16-4)17-12(14)10(3)6-2/h8-11H,5-7H2,1-4H3/b9-8+. The number of carbonyl (C=O) groups excluding carboxylic acids is 2. The Hall–Kier alpha value is -1.32. The topological polar surface area (TPSA) is 52.6 Å². The summed E-state index contributed by atoms with van der Waals surface area (Å²) in [5, 5.41) is 0. The Morgan fingerprint density at radius 1 is 1.24 bits per heavy atom. The zero-order chi connectivity index (χ0) is 13.3. The van der Waals surface area contributed by atoms with Crippen LogP contribution in [0.5, 0.6) is 0 Å². The van der Waals surface area contributed by atoms with Crippen molar-refractivity contribution >= 4 is 11.9 Å². The monoisotopic (exact) mass is 242 g/mol. The first-order chi connectivity index (χ1) is 8.06. The molecule has 0 amide bonds. The van der Waals surface area contributed by atoms with Gasteiger partial charge in [0, 0.05) is 0 Å². The molecule has 0 aromatic rings. The number of allylic oxidation sites excluding steroid dienone is 1. The van der Waals surface area contributed by atoms with Gasteiger partial charge in [0.05, 0.1) is 13.0 Å². The number of esters is 2. The summed E-state index contributed by atoms with van der Waals surface area (Å²) in [5.41, 5.74) is 0. The van der Waals surface area contributed by atoms with Gasteiger partial charge < -0.3 is 9.47 Å². The number of methoxy groups -OCH3 is 1. The molecule has 0 aliphatic carbocycles. The molecule has 0 radical (unpaired) electrons. The Bertz CT molecular complexity index is 271. The van der Waals surface area contributed by atoms with Crippen LogP contribution in [-0.4, -0.2) is 25.2 Å². The van der Waals surface area contributed by atoms with E-state index in [9.17, 15) is 9.59 Å². The van der Waals surface area contributed by atoms with Crippen molar-refractivity contribution in [1.82, 2.24) is 0 Å². The van der Waals surface area contributed by atoms with E-state index in [-0.39, 0.29) is 11.9 Å². The van der Waals surface area contributed by atoms with Crippen LogP contribution in [0.3, 0.4) is 0 Å². The van der Waals surface area contributed by atoms with E-state index < -0.39 is 12.1 Å². The molecule has 0 aromatic carbocycles.